The van der Waals surface area contributed by atoms with Gasteiger partial charge in [-0.15, -0.1) is 11.3 Å². The maximum atomic E-state index is 6.16. The summed E-state index contributed by atoms with van der Waals surface area (Å²) in [6.45, 7) is 2.21. The van der Waals surface area contributed by atoms with Crippen LogP contribution in [0.4, 0.5) is 0 Å². The molecule has 0 spiro atoms. The minimum absolute atomic E-state index is 0.220. The zero-order valence-electron chi connectivity index (χ0n) is 9.48. The molecule has 2 rings (SSSR count). The lowest BCUT2D eigenvalue weighted by molar-refractivity contribution is 0.611. The molecule has 0 amide bonds. The normalized spacial score (nSPS) is 12.9. The zero-order valence-corrected chi connectivity index (χ0v) is 11.1. The van der Waals surface area contributed by atoms with E-state index in [2.05, 4.69) is 35.2 Å². The summed E-state index contributed by atoms with van der Waals surface area (Å²) >= 11 is 3.53. The Morgan fingerprint density at radius 2 is 2.19 bits per heavy atom. The molecule has 0 radical (unpaired) electrons. The van der Waals surface area contributed by atoms with Crippen molar-refractivity contribution in [2.24, 2.45) is 5.73 Å². The van der Waals surface area contributed by atoms with Crippen molar-refractivity contribution in [3.8, 4) is 11.1 Å². The molecule has 0 aliphatic rings. The third-order valence-corrected chi connectivity index (χ3v) is 4.46. The molecule has 16 heavy (non-hydrogen) atoms. The minimum atomic E-state index is 0.220. The summed E-state index contributed by atoms with van der Waals surface area (Å²) in [5.74, 6) is 0. The molecule has 0 aromatic carbocycles. The molecule has 3 heteroatoms. The van der Waals surface area contributed by atoms with E-state index in [1.807, 2.05) is 0 Å². The molecule has 0 saturated heterocycles. The van der Waals surface area contributed by atoms with E-state index in [1.54, 1.807) is 22.7 Å². The van der Waals surface area contributed by atoms with Crippen LogP contribution >= 0.6 is 22.7 Å². The smallest absolute Gasteiger partial charge is 0.0389 e. The Morgan fingerprint density at radius 1 is 1.31 bits per heavy atom. The average Bonchev–Trinajstić information content (AvgIpc) is 2.94. The third kappa shape index (κ3) is 2.73. The second kappa shape index (κ2) is 5.62. The van der Waals surface area contributed by atoms with Crippen LogP contribution in [0.1, 0.15) is 37.1 Å². The van der Waals surface area contributed by atoms with E-state index >= 15 is 0 Å². The summed E-state index contributed by atoms with van der Waals surface area (Å²) in [7, 11) is 0. The number of nitrogens with two attached hydrogens (primary N) is 1. The molecule has 0 saturated carbocycles. The number of hydrogen-bond acceptors (Lipinski definition) is 3. The molecule has 2 aromatic heterocycles. The molecule has 0 aliphatic carbocycles. The van der Waals surface area contributed by atoms with E-state index in [0.717, 1.165) is 6.42 Å². The van der Waals surface area contributed by atoms with Crippen molar-refractivity contribution < 1.29 is 0 Å². The highest BCUT2D eigenvalue weighted by Crippen LogP contribution is 2.31. The van der Waals surface area contributed by atoms with Crippen LogP contribution in [0.2, 0.25) is 0 Å². The largest absolute Gasteiger partial charge is 0.323 e. The van der Waals surface area contributed by atoms with Crippen LogP contribution in [0.15, 0.2) is 28.3 Å². The predicted octanol–water partition coefficient (Wildman–Crippen LogP) is 4.67. The lowest BCUT2D eigenvalue weighted by atomic mass is 10.1. The SMILES string of the molecule is CCCCC(N)c1cc(-c2ccsc2)cs1. The van der Waals surface area contributed by atoms with Gasteiger partial charge in [-0.05, 0) is 45.8 Å². The molecule has 86 valence electrons. The van der Waals surface area contributed by atoms with Gasteiger partial charge in [-0.2, -0.15) is 11.3 Å². The van der Waals surface area contributed by atoms with Gasteiger partial charge in [0.25, 0.3) is 0 Å². The average molecular weight is 251 g/mol. The van der Waals surface area contributed by atoms with Gasteiger partial charge >= 0.3 is 0 Å². The Bertz CT molecular complexity index is 417. The Morgan fingerprint density at radius 3 is 2.88 bits per heavy atom. The monoisotopic (exact) mass is 251 g/mol. The van der Waals surface area contributed by atoms with Crippen LogP contribution in [0, 0.1) is 0 Å². The number of rotatable bonds is 5. The number of hydrogen-bond donors (Lipinski definition) is 1. The first-order chi connectivity index (χ1) is 7.81. The lowest BCUT2D eigenvalue weighted by Gasteiger charge is -2.07. The van der Waals surface area contributed by atoms with Crippen LogP contribution in [0.25, 0.3) is 11.1 Å². The van der Waals surface area contributed by atoms with Crippen molar-refractivity contribution in [3.63, 3.8) is 0 Å². The third-order valence-electron chi connectivity index (χ3n) is 2.71. The van der Waals surface area contributed by atoms with Crippen molar-refractivity contribution in [1.82, 2.24) is 0 Å². The molecular formula is C13H17NS2. The molecule has 2 N–H and O–H groups in total. The van der Waals surface area contributed by atoms with Gasteiger partial charge in [0.2, 0.25) is 0 Å². The van der Waals surface area contributed by atoms with Gasteiger partial charge in [-0.25, -0.2) is 0 Å². The maximum Gasteiger partial charge on any atom is 0.0389 e. The van der Waals surface area contributed by atoms with Gasteiger partial charge in [0.05, 0.1) is 0 Å². The van der Waals surface area contributed by atoms with Gasteiger partial charge in [-0.1, -0.05) is 19.8 Å². The predicted molar refractivity (Wildman–Crippen MR) is 74.1 cm³/mol. The summed E-state index contributed by atoms with van der Waals surface area (Å²) in [5.41, 5.74) is 8.79. The number of unbranched alkanes of at least 4 members (excludes halogenated alkanes) is 1. The molecular weight excluding hydrogens is 234 g/mol. The van der Waals surface area contributed by atoms with Gasteiger partial charge in [0, 0.05) is 10.9 Å². The van der Waals surface area contributed by atoms with E-state index in [4.69, 9.17) is 5.73 Å². The Kier molecular flexibility index (Phi) is 4.16. The fourth-order valence-electron chi connectivity index (χ4n) is 1.69. The first-order valence-corrected chi connectivity index (χ1v) is 7.50. The van der Waals surface area contributed by atoms with Crippen LogP contribution in [0.5, 0.6) is 0 Å². The van der Waals surface area contributed by atoms with Gasteiger partial charge in [0.1, 0.15) is 0 Å². The first kappa shape index (κ1) is 11.8. The molecule has 1 unspecified atom stereocenters. The summed E-state index contributed by atoms with van der Waals surface area (Å²) in [6, 6.07) is 4.62. The molecule has 0 bridgehead atoms. The summed E-state index contributed by atoms with van der Waals surface area (Å²) in [4.78, 5) is 1.31. The number of thiophene rings is 2. The van der Waals surface area contributed by atoms with E-state index in [9.17, 15) is 0 Å². The van der Waals surface area contributed by atoms with Crippen molar-refractivity contribution in [3.05, 3.63) is 33.2 Å². The van der Waals surface area contributed by atoms with Crippen molar-refractivity contribution in [2.75, 3.05) is 0 Å². The second-order valence-corrected chi connectivity index (χ2v) is 5.72. The molecule has 0 fully saturated rings. The van der Waals surface area contributed by atoms with Crippen LogP contribution < -0.4 is 5.73 Å². The van der Waals surface area contributed by atoms with Crippen LogP contribution in [-0.4, -0.2) is 0 Å². The highest BCUT2D eigenvalue weighted by atomic mass is 32.1. The molecule has 0 aliphatic heterocycles. The summed E-state index contributed by atoms with van der Waals surface area (Å²) in [5, 5.41) is 6.51. The fraction of sp³-hybridized carbons (Fsp3) is 0.385. The summed E-state index contributed by atoms with van der Waals surface area (Å²) < 4.78 is 0. The minimum Gasteiger partial charge on any atom is -0.323 e. The topological polar surface area (TPSA) is 26.0 Å². The molecule has 1 nitrogen and oxygen atoms in total. The quantitative estimate of drug-likeness (QED) is 0.821. The van der Waals surface area contributed by atoms with Crippen LogP contribution in [-0.2, 0) is 0 Å². The van der Waals surface area contributed by atoms with E-state index in [-0.39, 0.29) is 6.04 Å². The molecule has 2 aromatic rings. The highest BCUT2D eigenvalue weighted by molar-refractivity contribution is 7.10. The van der Waals surface area contributed by atoms with Crippen molar-refractivity contribution in [2.45, 2.75) is 32.2 Å². The van der Waals surface area contributed by atoms with E-state index in [0.29, 0.717) is 0 Å². The summed E-state index contributed by atoms with van der Waals surface area (Å²) in [6.07, 6.45) is 3.53. The van der Waals surface area contributed by atoms with Crippen molar-refractivity contribution >= 4 is 22.7 Å². The Labute approximate surface area is 105 Å². The van der Waals surface area contributed by atoms with Gasteiger partial charge in [-0.3, -0.25) is 0 Å². The molecule has 2 heterocycles. The van der Waals surface area contributed by atoms with Gasteiger partial charge in [0.15, 0.2) is 0 Å². The maximum absolute atomic E-state index is 6.16. The van der Waals surface area contributed by atoms with Gasteiger partial charge < -0.3 is 5.73 Å². The van der Waals surface area contributed by atoms with Crippen molar-refractivity contribution in [1.29, 1.82) is 0 Å². The van der Waals surface area contributed by atoms with Crippen LogP contribution in [0.3, 0.4) is 0 Å². The highest BCUT2D eigenvalue weighted by Gasteiger charge is 2.09. The Balaban J connectivity index is 2.07. The van der Waals surface area contributed by atoms with E-state index < -0.39 is 0 Å². The second-order valence-electron chi connectivity index (χ2n) is 4.00. The first-order valence-electron chi connectivity index (χ1n) is 5.68. The standard InChI is InChI=1S/C13H17NS2/c1-2-3-4-12(14)13-7-11(9-16-13)10-5-6-15-8-10/h5-9,12H,2-4,14H2,1H3. The van der Waals surface area contributed by atoms with E-state index in [1.165, 1.54) is 28.8 Å². The zero-order chi connectivity index (χ0) is 11.4. The molecule has 1 atom stereocenters. The Hall–Kier alpha value is -0.640. The lowest BCUT2D eigenvalue weighted by Crippen LogP contribution is -2.07. The fourth-order valence-corrected chi connectivity index (χ4v) is 3.31.